The predicted molar refractivity (Wildman–Crippen MR) is 72.1 cm³/mol. The number of aryl methyl sites for hydroxylation is 1. The first-order chi connectivity index (χ1) is 9.15. The van der Waals surface area contributed by atoms with E-state index in [0.717, 1.165) is 18.5 Å². The predicted octanol–water partition coefficient (Wildman–Crippen LogP) is 1.39. The third-order valence-corrected chi connectivity index (χ3v) is 2.68. The van der Waals surface area contributed by atoms with Gasteiger partial charge >= 0.3 is 0 Å². The lowest BCUT2D eigenvalue weighted by Gasteiger charge is -2.06. The van der Waals surface area contributed by atoms with Gasteiger partial charge in [-0.2, -0.15) is 0 Å². The average Bonchev–Trinajstić information content (AvgIpc) is 2.39. The summed E-state index contributed by atoms with van der Waals surface area (Å²) in [7, 11) is 0. The summed E-state index contributed by atoms with van der Waals surface area (Å²) >= 11 is 0. The van der Waals surface area contributed by atoms with Crippen LogP contribution in [0.1, 0.15) is 17.5 Å². The quantitative estimate of drug-likeness (QED) is 0.401. The number of benzene rings is 1. The van der Waals surface area contributed by atoms with Crippen LogP contribution >= 0.6 is 0 Å². The molecule has 0 aromatic heterocycles. The first-order valence-electron chi connectivity index (χ1n) is 6.28. The molecule has 0 unspecified atom stereocenters. The number of aliphatic hydroxyl groups excluding tert-OH is 1. The Bertz CT molecular complexity index is 410. The summed E-state index contributed by atoms with van der Waals surface area (Å²) in [5.74, 6) is 0. The highest BCUT2D eigenvalue weighted by atomic mass is 16.6. The van der Waals surface area contributed by atoms with Gasteiger partial charge in [0.2, 0.25) is 0 Å². The molecule has 6 heteroatoms. The molecule has 0 aliphatic carbocycles. The Balaban J connectivity index is 2.30. The van der Waals surface area contributed by atoms with Crippen LogP contribution in [0.15, 0.2) is 18.2 Å². The molecule has 0 heterocycles. The minimum atomic E-state index is -0.360. The van der Waals surface area contributed by atoms with Crippen molar-refractivity contribution >= 4 is 5.69 Å². The number of ether oxygens (including phenoxy) is 1. The molecular formula is C13H20N2O4. The Morgan fingerprint density at radius 2 is 2.21 bits per heavy atom. The van der Waals surface area contributed by atoms with Gasteiger partial charge in [-0.15, -0.1) is 0 Å². The maximum Gasteiger partial charge on any atom is 0.272 e. The van der Waals surface area contributed by atoms with Crippen molar-refractivity contribution < 1.29 is 14.8 Å². The molecule has 0 spiro atoms. The first kappa shape index (κ1) is 15.6. The van der Waals surface area contributed by atoms with E-state index in [4.69, 9.17) is 9.84 Å². The van der Waals surface area contributed by atoms with E-state index in [-0.39, 0.29) is 17.2 Å². The largest absolute Gasteiger partial charge is 0.394 e. The third-order valence-electron chi connectivity index (χ3n) is 2.68. The van der Waals surface area contributed by atoms with Gasteiger partial charge in [-0.25, -0.2) is 0 Å². The summed E-state index contributed by atoms with van der Waals surface area (Å²) in [5, 5.41) is 22.5. The van der Waals surface area contributed by atoms with E-state index in [2.05, 4.69) is 5.32 Å². The maximum atomic E-state index is 10.8. The lowest BCUT2D eigenvalue weighted by Crippen LogP contribution is -2.17. The molecule has 0 bridgehead atoms. The Kier molecular flexibility index (Phi) is 7.02. The van der Waals surface area contributed by atoms with Crippen molar-refractivity contribution in [2.75, 3.05) is 26.4 Å². The summed E-state index contributed by atoms with van der Waals surface area (Å²) in [4.78, 5) is 10.4. The van der Waals surface area contributed by atoms with Gasteiger partial charge in [0.05, 0.1) is 18.1 Å². The molecule has 6 nitrogen and oxygen atoms in total. The van der Waals surface area contributed by atoms with Crippen LogP contribution in [-0.2, 0) is 11.3 Å². The molecule has 0 saturated carbocycles. The molecule has 0 fully saturated rings. The summed E-state index contributed by atoms with van der Waals surface area (Å²) in [6.45, 7) is 4.11. The fourth-order valence-electron chi connectivity index (χ4n) is 1.66. The van der Waals surface area contributed by atoms with Crippen molar-refractivity contribution in [3.05, 3.63) is 39.4 Å². The zero-order valence-electron chi connectivity index (χ0n) is 11.1. The van der Waals surface area contributed by atoms with Crippen LogP contribution in [0, 0.1) is 17.0 Å². The summed E-state index contributed by atoms with van der Waals surface area (Å²) in [6, 6.07) is 5.25. The highest BCUT2D eigenvalue weighted by Gasteiger charge is 2.10. The Morgan fingerprint density at radius 1 is 1.42 bits per heavy atom. The molecule has 0 atom stereocenters. The van der Waals surface area contributed by atoms with E-state index in [0.29, 0.717) is 25.3 Å². The third kappa shape index (κ3) is 5.78. The van der Waals surface area contributed by atoms with Gasteiger partial charge in [-0.3, -0.25) is 10.1 Å². The van der Waals surface area contributed by atoms with E-state index < -0.39 is 0 Å². The molecular weight excluding hydrogens is 248 g/mol. The number of hydrogen-bond acceptors (Lipinski definition) is 5. The van der Waals surface area contributed by atoms with Crippen LogP contribution in [0.4, 0.5) is 5.69 Å². The number of rotatable bonds is 9. The van der Waals surface area contributed by atoms with Crippen LogP contribution in [0.2, 0.25) is 0 Å². The summed E-state index contributed by atoms with van der Waals surface area (Å²) < 4.78 is 5.12. The highest BCUT2D eigenvalue weighted by molar-refractivity contribution is 5.42. The van der Waals surface area contributed by atoms with Gasteiger partial charge in [-0.1, -0.05) is 12.1 Å². The smallest absolute Gasteiger partial charge is 0.272 e. The molecule has 1 aromatic carbocycles. The molecule has 106 valence electrons. The van der Waals surface area contributed by atoms with E-state index in [9.17, 15) is 10.1 Å². The van der Waals surface area contributed by atoms with Crippen molar-refractivity contribution in [1.29, 1.82) is 0 Å². The number of nitrogens with zero attached hydrogens (tertiary/aromatic N) is 1. The zero-order chi connectivity index (χ0) is 14.1. The molecule has 0 saturated heterocycles. The maximum absolute atomic E-state index is 10.8. The lowest BCUT2D eigenvalue weighted by molar-refractivity contribution is -0.385. The van der Waals surface area contributed by atoms with Crippen molar-refractivity contribution in [3.63, 3.8) is 0 Å². The lowest BCUT2D eigenvalue weighted by atomic mass is 10.1. The molecule has 19 heavy (non-hydrogen) atoms. The Labute approximate surface area is 112 Å². The van der Waals surface area contributed by atoms with Crippen molar-refractivity contribution in [2.24, 2.45) is 0 Å². The fourth-order valence-corrected chi connectivity index (χ4v) is 1.66. The second-order valence-corrected chi connectivity index (χ2v) is 4.24. The second kappa shape index (κ2) is 8.58. The summed E-state index contributed by atoms with van der Waals surface area (Å²) in [5.41, 5.74) is 1.73. The molecule has 0 aliphatic rings. The van der Waals surface area contributed by atoms with Crippen molar-refractivity contribution in [3.8, 4) is 0 Å². The van der Waals surface area contributed by atoms with Gasteiger partial charge in [0.1, 0.15) is 0 Å². The minimum Gasteiger partial charge on any atom is -0.394 e. The highest BCUT2D eigenvalue weighted by Crippen LogP contribution is 2.18. The topological polar surface area (TPSA) is 84.6 Å². The Morgan fingerprint density at radius 3 is 2.89 bits per heavy atom. The molecule has 0 amide bonds. The number of hydrogen-bond donors (Lipinski definition) is 2. The molecule has 1 rings (SSSR count). The minimum absolute atomic E-state index is 0.0421. The standard InChI is InChI=1S/C13H20N2O4/c1-11-3-4-12(9-13(11)15(17)18)10-14-5-2-7-19-8-6-16/h3-4,9,14,16H,2,5-8,10H2,1H3. The average molecular weight is 268 g/mol. The van der Waals surface area contributed by atoms with Gasteiger partial charge < -0.3 is 15.2 Å². The Hall–Kier alpha value is -1.50. The van der Waals surface area contributed by atoms with Crippen LogP contribution in [0.25, 0.3) is 0 Å². The van der Waals surface area contributed by atoms with E-state index >= 15 is 0 Å². The number of nitro groups is 1. The van der Waals surface area contributed by atoms with Crippen molar-refractivity contribution in [2.45, 2.75) is 19.9 Å². The molecule has 2 N–H and O–H groups in total. The molecule has 1 aromatic rings. The number of aliphatic hydroxyl groups is 1. The van der Waals surface area contributed by atoms with E-state index in [1.54, 1.807) is 19.1 Å². The molecule has 0 radical (unpaired) electrons. The van der Waals surface area contributed by atoms with E-state index in [1.165, 1.54) is 0 Å². The monoisotopic (exact) mass is 268 g/mol. The summed E-state index contributed by atoms with van der Waals surface area (Å²) in [6.07, 6.45) is 0.841. The normalized spacial score (nSPS) is 10.6. The number of nitrogens with one attached hydrogen (secondary N) is 1. The van der Waals surface area contributed by atoms with Gasteiger partial charge in [0.15, 0.2) is 0 Å². The van der Waals surface area contributed by atoms with Crippen LogP contribution in [-0.4, -0.2) is 36.4 Å². The van der Waals surface area contributed by atoms with Gasteiger partial charge in [0, 0.05) is 24.8 Å². The zero-order valence-corrected chi connectivity index (χ0v) is 11.1. The van der Waals surface area contributed by atoms with Crippen LogP contribution < -0.4 is 5.32 Å². The van der Waals surface area contributed by atoms with Gasteiger partial charge in [-0.05, 0) is 25.5 Å². The SMILES string of the molecule is Cc1ccc(CNCCCOCCO)cc1[N+](=O)[O-]. The fraction of sp³-hybridized carbons (Fsp3) is 0.538. The molecule has 0 aliphatic heterocycles. The van der Waals surface area contributed by atoms with Crippen LogP contribution in [0.3, 0.4) is 0 Å². The number of nitro benzene ring substituents is 1. The van der Waals surface area contributed by atoms with Crippen LogP contribution in [0.5, 0.6) is 0 Å². The second-order valence-electron chi connectivity index (χ2n) is 4.24. The van der Waals surface area contributed by atoms with E-state index in [1.807, 2.05) is 6.07 Å². The van der Waals surface area contributed by atoms with Gasteiger partial charge in [0.25, 0.3) is 5.69 Å². The van der Waals surface area contributed by atoms with Crippen molar-refractivity contribution in [1.82, 2.24) is 5.32 Å². The first-order valence-corrected chi connectivity index (χ1v) is 6.28.